The van der Waals surface area contributed by atoms with Gasteiger partial charge in [-0.25, -0.2) is 4.79 Å². The van der Waals surface area contributed by atoms with Gasteiger partial charge in [-0.15, -0.1) is 0 Å². The van der Waals surface area contributed by atoms with Crippen LogP contribution in [0.2, 0.25) is 0 Å². The van der Waals surface area contributed by atoms with Crippen LogP contribution in [0.3, 0.4) is 0 Å². The van der Waals surface area contributed by atoms with E-state index < -0.39 is 6.09 Å². The van der Waals surface area contributed by atoms with Crippen molar-refractivity contribution in [2.45, 2.75) is 33.4 Å². The van der Waals surface area contributed by atoms with Crippen LogP contribution in [-0.2, 0) is 11.3 Å². The van der Waals surface area contributed by atoms with Crippen LogP contribution in [0.1, 0.15) is 31.1 Å². The molecule has 0 aliphatic heterocycles. The van der Waals surface area contributed by atoms with Crippen molar-refractivity contribution < 1.29 is 9.53 Å². The molecule has 1 heterocycles. The molecule has 5 heteroatoms. The standard InChI is InChI=1S/C15H19N3O2/c1-11(2)18-12(3)14(9-16-18)17-15(19)20-10-13-7-5-4-6-8-13/h4-9,11H,10H2,1-3H3,(H,17,19). The Labute approximate surface area is 118 Å². The second-order valence-corrected chi connectivity index (χ2v) is 4.87. The molecular formula is C15H19N3O2. The molecule has 0 saturated heterocycles. The van der Waals surface area contributed by atoms with E-state index in [2.05, 4.69) is 10.4 Å². The maximum absolute atomic E-state index is 11.7. The zero-order valence-electron chi connectivity index (χ0n) is 12.0. The summed E-state index contributed by atoms with van der Waals surface area (Å²) < 4.78 is 7.02. The highest BCUT2D eigenvalue weighted by atomic mass is 16.5. The van der Waals surface area contributed by atoms with Crippen molar-refractivity contribution in [2.24, 2.45) is 0 Å². The first kappa shape index (κ1) is 14.1. The van der Waals surface area contributed by atoms with E-state index in [9.17, 15) is 4.79 Å². The van der Waals surface area contributed by atoms with Gasteiger partial charge < -0.3 is 4.74 Å². The Bertz CT molecular complexity index is 576. The lowest BCUT2D eigenvalue weighted by atomic mass is 10.2. The Kier molecular flexibility index (Phi) is 4.40. The normalized spacial score (nSPS) is 10.6. The number of hydrogen-bond donors (Lipinski definition) is 1. The number of aromatic nitrogens is 2. The smallest absolute Gasteiger partial charge is 0.412 e. The van der Waals surface area contributed by atoms with Crippen LogP contribution in [0.25, 0.3) is 0 Å². The Morgan fingerprint density at radius 1 is 1.35 bits per heavy atom. The van der Waals surface area contributed by atoms with Crippen LogP contribution in [0.5, 0.6) is 0 Å². The highest BCUT2D eigenvalue weighted by Gasteiger charge is 2.12. The second kappa shape index (κ2) is 6.23. The van der Waals surface area contributed by atoms with Gasteiger partial charge in [0.15, 0.2) is 0 Å². The Morgan fingerprint density at radius 3 is 2.65 bits per heavy atom. The first-order valence-electron chi connectivity index (χ1n) is 6.59. The van der Waals surface area contributed by atoms with Gasteiger partial charge in [0.25, 0.3) is 0 Å². The molecule has 0 aliphatic rings. The van der Waals surface area contributed by atoms with E-state index in [1.54, 1.807) is 6.20 Å². The third kappa shape index (κ3) is 3.38. The van der Waals surface area contributed by atoms with Crippen LogP contribution in [0.4, 0.5) is 10.5 Å². The third-order valence-electron chi connectivity index (χ3n) is 2.98. The zero-order valence-corrected chi connectivity index (χ0v) is 12.0. The molecule has 0 spiro atoms. The lowest BCUT2D eigenvalue weighted by Crippen LogP contribution is -2.14. The molecule has 106 valence electrons. The third-order valence-corrected chi connectivity index (χ3v) is 2.98. The number of carbonyl (C=O) groups is 1. The molecule has 1 amide bonds. The quantitative estimate of drug-likeness (QED) is 0.927. The lowest BCUT2D eigenvalue weighted by Gasteiger charge is -2.09. The molecule has 2 aromatic rings. The van der Waals surface area contributed by atoms with Crippen molar-refractivity contribution in [3.63, 3.8) is 0 Å². The van der Waals surface area contributed by atoms with Gasteiger partial charge >= 0.3 is 6.09 Å². The predicted molar refractivity (Wildman–Crippen MR) is 77.6 cm³/mol. The Balaban J connectivity index is 1.92. The number of nitrogens with one attached hydrogen (secondary N) is 1. The van der Waals surface area contributed by atoms with Crippen molar-refractivity contribution in [1.29, 1.82) is 0 Å². The van der Waals surface area contributed by atoms with Gasteiger partial charge in [0.05, 0.1) is 17.6 Å². The van der Waals surface area contributed by atoms with Gasteiger partial charge in [-0.05, 0) is 26.3 Å². The minimum atomic E-state index is -0.472. The fourth-order valence-electron chi connectivity index (χ4n) is 1.94. The topological polar surface area (TPSA) is 56.1 Å². The first-order valence-corrected chi connectivity index (χ1v) is 6.59. The molecule has 0 radical (unpaired) electrons. The molecule has 0 unspecified atom stereocenters. The van der Waals surface area contributed by atoms with Crippen LogP contribution in [-0.4, -0.2) is 15.9 Å². The predicted octanol–water partition coefficient (Wildman–Crippen LogP) is 3.52. The zero-order chi connectivity index (χ0) is 14.5. The monoisotopic (exact) mass is 273 g/mol. The summed E-state index contributed by atoms with van der Waals surface area (Å²) in [5, 5.41) is 6.94. The summed E-state index contributed by atoms with van der Waals surface area (Å²) in [4.78, 5) is 11.7. The highest BCUT2D eigenvalue weighted by molar-refractivity contribution is 5.85. The van der Waals surface area contributed by atoms with Crippen molar-refractivity contribution in [3.8, 4) is 0 Å². The minimum Gasteiger partial charge on any atom is -0.444 e. The molecular weight excluding hydrogens is 254 g/mol. The van der Waals surface area contributed by atoms with E-state index in [1.165, 1.54) is 0 Å². The molecule has 0 fully saturated rings. The second-order valence-electron chi connectivity index (χ2n) is 4.87. The summed E-state index contributed by atoms with van der Waals surface area (Å²) in [5.41, 5.74) is 2.55. The number of benzene rings is 1. The molecule has 1 aromatic heterocycles. The Hall–Kier alpha value is -2.30. The van der Waals surface area contributed by atoms with E-state index >= 15 is 0 Å². The van der Waals surface area contributed by atoms with Crippen molar-refractivity contribution >= 4 is 11.8 Å². The number of nitrogens with zero attached hydrogens (tertiary/aromatic N) is 2. The lowest BCUT2D eigenvalue weighted by molar-refractivity contribution is 0.155. The van der Waals surface area contributed by atoms with Crippen LogP contribution in [0, 0.1) is 6.92 Å². The number of carbonyl (C=O) groups excluding carboxylic acids is 1. The molecule has 0 aliphatic carbocycles. The summed E-state index contributed by atoms with van der Waals surface area (Å²) in [6.45, 7) is 6.25. The maximum Gasteiger partial charge on any atom is 0.412 e. The first-order chi connectivity index (χ1) is 9.58. The molecule has 5 nitrogen and oxygen atoms in total. The van der Waals surface area contributed by atoms with Gasteiger partial charge in [0.1, 0.15) is 6.61 Å². The van der Waals surface area contributed by atoms with Gasteiger partial charge in [-0.1, -0.05) is 30.3 Å². The molecule has 0 saturated carbocycles. The molecule has 0 bridgehead atoms. The number of rotatable bonds is 4. The van der Waals surface area contributed by atoms with Gasteiger partial charge in [-0.2, -0.15) is 5.10 Å². The van der Waals surface area contributed by atoms with Gasteiger partial charge in [-0.3, -0.25) is 10.00 Å². The summed E-state index contributed by atoms with van der Waals surface area (Å²) in [5.74, 6) is 0. The van der Waals surface area contributed by atoms with Crippen molar-refractivity contribution in [1.82, 2.24) is 9.78 Å². The van der Waals surface area contributed by atoms with Gasteiger partial charge in [0, 0.05) is 6.04 Å². The maximum atomic E-state index is 11.7. The average Bonchev–Trinajstić information content (AvgIpc) is 2.79. The number of anilines is 1. The largest absolute Gasteiger partial charge is 0.444 e. The SMILES string of the molecule is Cc1c(NC(=O)OCc2ccccc2)cnn1C(C)C. The van der Waals surface area contributed by atoms with Crippen LogP contribution < -0.4 is 5.32 Å². The molecule has 0 atom stereocenters. The van der Waals surface area contributed by atoms with Crippen LogP contribution in [0.15, 0.2) is 36.5 Å². The van der Waals surface area contributed by atoms with Crippen molar-refractivity contribution in [2.75, 3.05) is 5.32 Å². The van der Waals surface area contributed by atoms with E-state index in [0.29, 0.717) is 5.69 Å². The Morgan fingerprint density at radius 2 is 2.05 bits per heavy atom. The molecule has 2 rings (SSSR count). The summed E-state index contributed by atoms with van der Waals surface area (Å²) >= 11 is 0. The van der Waals surface area contributed by atoms with E-state index in [1.807, 2.05) is 55.8 Å². The fraction of sp³-hybridized carbons (Fsp3) is 0.333. The van der Waals surface area contributed by atoms with Crippen LogP contribution >= 0.6 is 0 Å². The van der Waals surface area contributed by atoms with E-state index in [4.69, 9.17) is 4.74 Å². The van der Waals surface area contributed by atoms with E-state index in [-0.39, 0.29) is 12.6 Å². The highest BCUT2D eigenvalue weighted by Crippen LogP contribution is 2.17. The number of amides is 1. The summed E-state index contributed by atoms with van der Waals surface area (Å²) in [6.07, 6.45) is 1.17. The number of ether oxygens (including phenoxy) is 1. The molecule has 20 heavy (non-hydrogen) atoms. The number of hydrogen-bond acceptors (Lipinski definition) is 3. The summed E-state index contributed by atoms with van der Waals surface area (Å²) in [7, 11) is 0. The molecule has 1 aromatic carbocycles. The van der Waals surface area contributed by atoms with Crippen molar-refractivity contribution in [3.05, 3.63) is 47.8 Å². The minimum absolute atomic E-state index is 0.254. The fourth-order valence-corrected chi connectivity index (χ4v) is 1.94. The molecule has 1 N–H and O–H groups in total. The summed E-state index contributed by atoms with van der Waals surface area (Å²) in [6, 6.07) is 9.82. The van der Waals surface area contributed by atoms with E-state index in [0.717, 1.165) is 11.3 Å². The average molecular weight is 273 g/mol. The van der Waals surface area contributed by atoms with Gasteiger partial charge in [0.2, 0.25) is 0 Å².